The molecule has 3 atom stereocenters. The lowest BCUT2D eigenvalue weighted by atomic mass is 9.73. The first-order valence-corrected chi connectivity index (χ1v) is 6.12. The highest BCUT2D eigenvalue weighted by atomic mass is 15.0. The van der Waals surface area contributed by atoms with Gasteiger partial charge in [0.15, 0.2) is 0 Å². The minimum Gasteiger partial charge on any atom is -0.329 e. The maximum absolute atomic E-state index is 5.97. The van der Waals surface area contributed by atoms with Gasteiger partial charge in [-0.25, -0.2) is 0 Å². The molecular formula is C12H26N2. The van der Waals surface area contributed by atoms with Gasteiger partial charge in [0.1, 0.15) is 0 Å². The van der Waals surface area contributed by atoms with Gasteiger partial charge in [0, 0.05) is 18.1 Å². The molecule has 0 heterocycles. The maximum atomic E-state index is 5.97. The van der Waals surface area contributed by atoms with Crippen LogP contribution in [0.15, 0.2) is 0 Å². The zero-order chi connectivity index (χ0) is 10.6. The number of nitrogens with one attached hydrogen (secondary N) is 1. The highest BCUT2D eigenvalue weighted by Gasteiger charge is 2.37. The number of hydrogen-bond acceptors (Lipinski definition) is 2. The van der Waals surface area contributed by atoms with Gasteiger partial charge in [-0.3, -0.25) is 0 Å². The van der Waals surface area contributed by atoms with E-state index in [2.05, 4.69) is 26.1 Å². The minimum absolute atomic E-state index is 0.230. The molecule has 1 saturated carbocycles. The van der Waals surface area contributed by atoms with E-state index in [1.807, 2.05) is 0 Å². The predicted octanol–water partition coefficient (Wildman–Crippen LogP) is 2.28. The molecule has 0 aromatic heterocycles. The Balaban J connectivity index is 2.62. The molecule has 0 aromatic rings. The average Bonchev–Trinajstić information content (AvgIpc) is 2.21. The van der Waals surface area contributed by atoms with Crippen molar-refractivity contribution in [1.82, 2.24) is 5.32 Å². The summed E-state index contributed by atoms with van der Waals surface area (Å²) < 4.78 is 0. The molecule has 0 radical (unpaired) electrons. The second-order valence-corrected chi connectivity index (χ2v) is 4.96. The van der Waals surface area contributed by atoms with Crippen LogP contribution < -0.4 is 11.1 Å². The fraction of sp³-hybridized carbons (Fsp3) is 1.00. The monoisotopic (exact) mass is 198 g/mol. The second kappa shape index (κ2) is 5.13. The summed E-state index contributed by atoms with van der Waals surface area (Å²) >= 11 is 0. The van der Waals surface area contributed by atoms with Crippen LogP contribution in [0.25, 0.3) is 0 Å². The Morgan fingerprint density at radius 1 is 1.50 bits per heavy atom. The molecule has 1 aliphatic carbocycles. The van der Waals surface area contributed by atoms with Crippen molar-refractivity contribution in [2.24, 2.45) is 11.7 Å². The van der Waals surface area contributed by atoms with E-state index in [0.29, 0.717) is 6.04 Å². The Hall–Kier alpha value is -0.0800. The van der Waals surface area contributed by atoms with Crippen molar-refractivity contribution in [3.8, 4) is 0 Å². The number of hydrogen-bond donors (Lipinski definition) is 2. The van der Waals surface area contributed by atoms with E-state index >= 15 is 0 Å². The Labute approximate surface area is 88.6 Å². The zero-order valence-electron chi connectivity index (χ0n) is 9.97. The van der Waals surface area contributed by atoms with Crippen LogP contribution in [0, 0.1) is 5.92 Å². The summed E-state index contributed by atoms with van der Waals surface area (Å²) in [6.45, 7) is 7.63. The van der Waals surface area contributed by atoms with E-state index in [0.717, 1.165) is 12.5 Å². The normalized spacial score (nSPS) is 35.6. The van der Waals surface area contributed by atoms with Crippen molar-refractivity contribution in [1.29, 1.82) is 0 Å². The van der Waals surface area contributed by atoms with Gasteiger partial charge in [-0.1, -0.05) is 26.7 Å². The predicted molar refractivity (Wildman–Crippen MR) is 62.3 cm³/mol. The first-order valence-electron chi connectivity index (χ1n) is 6.12. The molecule has 0 amide bonds. The van der Waals surface area contributed by atoms with Gasteiger partial charge < -0.3 is 11.1 Å². The van der Waals surface area contributed by atoms with Crippen LogP contribution in [0.5, 0.6) is 0 Å². The largest absolute Gasteiger partial charge is 0.329 e. The van der Waals surface area contributed by atoms with E-state index < -0.39 is 0 Å². The minimum atomic E-state index is 0.230. The van der Waals surface area contributed by atoms with Gasteiger partial charge in [-0.05, 0) is 32.1 Å². The fourth-order valence-electron chi connectivity index (χ4n) is 2.58. The Morgan fingerprint density at radius 3 is 2.71 bits per heavy atom. The lowest BCUT2D eigenvalue weighted by molar-refractivity contribution is 0.146. The summed E-state index contributed by atoms with van der Waals surface area (Å²) in [5.74, 6) is 0.732. The summed E-state index contributed by atoms with van der Waals surface area (Å²) in [5.41, 5.74) is 6.20. The number of rotatable bonds is 4. The van der Waals surface area contributed by atoms with E-state index in [1.165, 1.54) is 32.1 Å². The molecule has 1 fully saturated rings. The topological polar surface area (TPSA) is 38.0 Å². The van der Waals surface area contributed by atoms with Crippen LogP contribution in [-0.2, 0) is 0 Å². The average molecular weight is 198 g/mol. The molecule has 14 heavy (non-hydrogen) atoms. The third kappa shape index (κ3) is 2.48. The van der Waals surface area contributed by atoms with Gasteiger partial charge in [-0.2, -0.15) is 0 Å². The molecule has 0 aliphatic heterocycles. The Morgan fingerprint density at radius 2 is 2.21 bits per heavy atom. The number of nitrogens with two attached hydrogens (primary N) is 1. The van der Waals surface area contributed by atoms with Crippen molar-refractivity contribution in [2.45, 2.75) is 64.5 Å². The van der Waals surface area contributed by atoms with E-state index in [9.17, 15) is 0 Å². The molecular weight excluding hydrogens is 172 g/mol. The zero-order valence-corrected chi connectivity index (χ0v) is 9.97. The van der Waals surface area contributed by atoms with Gasteiger partial charge in [0.25, 0.3) is 0 Å². The summed E-state index contributed by atoms with van der Waals surface area (Å²) in [5, 5.41) is 3.76. The highest BCUT2D eigenvalue weighted by molar-refractivity contribution is 4.97. The third-order valence-corrected chi connectivity index (χ3v) is 3.96. The van der Waals surface area contributed by atoms with Crippen molar-refractivity contribution < 1.29 is 0 Å². The quantitative estimate of drug-likeness (QED) is 0.727. The van der Waals surface area contributed by atoms with Crippen LogP contribution in [-0.4, -0.2) is 18.1 Å². The smallest absolute Gasteiger partial charge is 0.0331 e. The van der Waals surface area contributed by atoms with Gasteiger partial charge >= 0.3 is 0 Å². The van der Waals surface area contributed by atoms with Crippen LogP contribution in [0.1, 0.15) is 52.9 Å². The van der Waals surface area contributed by atoms with Crippen molar-refractivity contribution >= 4 is 0 Å². The molecule has 84 valence electrons. The van der Waals surface area contributed by atoms with Crippen LogP contribution in [0.2, 0.25) is 0 Å². The fourth-order valence-corrected chi connectivity index (χ4v) is 2.58. The summed E-state index contributed by atoms with van der Waals surface area (Å²) in [6, 6.07) is 0.596. The van der Waals surface area contributed by atoms with Gasteiger partial charge in [-0.15, -0.1) is 0 Å². The summed E-state index contributed by atoms with van der Waals surface area (Å²) in [7, 11) is 0. The molecule has 2 nitrogen and oxygen atoms in total. The molecule has 1 aliphatic rings. The van der Waals surface area contributed by atoms with Crippen molar-refractivity contribution in [3.63, 3.8) is 0 Å². The highest BCUT2D eigenvalue weighted by Crippen LogP contribution is 2.33. The van der Waals surface area contributed by atoms with E-state index in [-0.39, 0.29) is 5.54 Å². The van der Waals surface area contributed by atoms with E-state index in [1.54, 1.807) is 0 Å². The first-order chi connectivity index (χ1) is 6.64. The molecule has 0 spiro atoms. The van der Waals surface area contributed by atoms with Crippen LogP contribution >= 0.6 is 0 Å². The molecule has 1 rings (SSSR count). The lowest BCUT2D eigenvalue weighted by Gasteiger charge is -2.44. The SMILES string of the molecule is CCC(C)NC1(CN)CCCCC1C. The van der Waals surface area contributed by atoms with Crippen molar-refractivity contribution in [3.05, 3.63) is 0 Å². The molecule has 3 unspecified atom stereocenters. The van der Waals surface area contributed by atoms with Crippen molar-refractivity contribution in [2.75, 3.05) is 6.54 Å². The second-order valence-electron chi connectivity index (χ2n) is 4.96. The van der Waals surface area contributed by atoms with Crippen LogP contribution in [0.4, 0.5) is 0 Å². The van der Waals surface area contributed by atoms with Crippen LogP contribution in [0.3, 0.4) is 0 Å². The Kier molecular flexibility index (Phi) is 4.39. The van der Waals surface area contributed by atoms with E-state index in [4.69, 9.17) is 5.73 Å². The third-order valence-electron chi connectivity index (χ3n) is 3.96. The summed E-state index contributed by atoms with van der Waals surface area (Å²) in [4.78, 5) is 0. The van der Waals surface area contributed by atoms with Gasteiger partial charge in [0.05, 0.1) is 0 Å². The first kappa shape index (κ1) is 12.0. The standard InChI is InChI=1S/C12H26N2/c1-4-11(3)14-12(9-13)8-6-5-7-10(12)2/h10-11,14H,4-9,13H2,1-3H3. The molecule has 0 bridgehead atoms. The molecule has 0 saturated heterocycles. The molecule has 2 heteroatoms. The molecule has 0 aromatic carbocycles. The maximum Gasteiger partial charge on any atom is 0.0331 e. The summed E-state index contributed by atoms with van der Waals surface area (Å²) in [6.07, 6.45) is 6.50. The molecule has 3 N–H and O–H groups in total. The lowest BCUT2D eigenvalue weighted by Crippen LogP contribution is -2.59. The van der Waals surface area contributed by atoms with Gasteiger partial charge in [0.2, 0.25) is 0 Å². The Bertz CT molecular complexity index is 170.